The lowest BCUT2D eigenvalue weighted by Crippen LogP contribution is -2.23. The Morgan fingerprint density at radius 2 is 1.97 bits per heavy atom. The van der Waals surface area contributed by atoms with E-state index < -0.39 is 0 Å². The van der Waals surface area contributed by atoms with Gasteiger partial charge in [0.1, 0.15) is 10.5 Å². The van der Waals surface area contributed by atoms with Gasteiger partial charge in [0, 0.05) is 5.69 Å². The Balaban J connectivity index is 1.63. The van der Waals surface area contributed by atoms with E-state index in [0.717, 1.165) is 12.1 Å². The molecule has 1 amide bonds. The van der Waals surface area contributed by atoms with Crippen molar-refractivity contribution in [2.75, 3.05) is 11.1 Å². The predicted octanol–water partition coefficient (Wildman–Crippen LogP) is 5.19. The molecule has 2 aromatic carbocycles. The number of anilines is 1. The van der Waals surface area contributed by atoms with Crippen molar-refractivity contribution in [3.05, 3.63) is 81.2 Å². The fourth-order valence-corrected chi connectivity index (χ4v) is 4.79. The summed E-state index contributed by atoms with van der Waals surface area (Å²) in [5.41, 5.74) is 3.43. The molecule has 8 heteroatoms. The minimum Gasteiger partial charge on any atom is -0.325 e. The number of halogens is 1. The van der Waals surface area contributed by atoms with Crippen molar-refractivity contribution in [1.82, 2.24) is 9.55 Å². The molecule has 2 aromatic heterocycles. The molecule has 0 bridgehead atoms. The van der Waals surface area contributed by atoms with Crippen LogP contribution in [0.25, 0.3) is 15.9 Å². The molecule has 31 heavy (non-hydrogen) atoms. The van der Waals surface area contributed by atoms with Crippen LogP contribution in [-0.2, 0) is 11.2 Å². The molecule has 158 valence electrons. The van der Waals surface area contributed by atoms with Crippen molar-refractivity contribution >= 4 is 44.9 Å². The van der Waals surface area contributed by atoms with Gasteiger partial charge >= 0.3 is 0 Å². The number of nitrogens with zero attached hydrogens (tertiary/aromatic N) is 2. The fourth-order valence-electron chi connectivity index (χ4n) is 3.22. The van der Waals surface area contributed by atoms with E-state index in [9.17, 15) is 14.0 Å². The molecule has 0 aliphatic carbocycles. The third-order valence-electron chi connectivity index (χ3n) is 4.83. The first kappa shape index (κ1) is 21.3. The summed E-state index contributed by atoms with van der Waals surface area (Å²) in [6.07, 6.45) is 0.932. The number of thiophene rings is 1. The van der Waals surface area contributed by atoms with Crippen molar-refractivity contribution in [3.8, 4) is 5.69 Å². The summed E-state index contributed by atoms with van der Waals surface area (Å²) in [7, 11) is 0. The second kappa shape index (κ2) is 9.03. The van der Waals surface area contributed by atoms with Gasteiger partial charge in [-0.15, -0.1) is 11.3 Å². The third-order valence-corrected chi connectivity index (χ3v) is 6.66. The van der Waals surface area contributed by atoms with Crippen LogP contribution in [0.5, 0.6) is 0 Å². The van der Waals surface area contributed by atoms with Crippen LogP contribution in [0.2, 0.25) is 0 Å². The first-order chi connectivity index (χ1) is 15.0. The van der Waals surface area contributed by atoms with Crippen molar-refractivity contribution in [3.63, 3.8) is 0 Å². The Morgan fingerprint density at radius 3 is 2.68 bits per heavy atom. The highest BCUT2D eigenvalue weighted by molar-refractivity contribution is 7.99. The maximum absolute atomic E-state index is 13.6. The SMILES string of the molecule is CCc1ccc(NC(=O)CSc2nc3ccsc3c(=O)n2-c2ccc(F)cc2C)cc1. The Hall–Kier alpha value is -2.97. The lowest BCUT2D eigenvalue weighted by atomic mass is 10.1. The highest BCUT2D eigenvalue weighted by Crippen LogP contribution is 2.25. The van der Waals surface area contributed by atoms with E-state index in [-0.39, 0.29) is 23.0 Å². The normalized spacial score (nSPS) is 11.1. The molecule has 0 saturated carbocycles. The third kappa shape index (κ3) is 4.55. The van der Waals surface area contributed by atoms with E-state index in [4.69, 9.17) is 0 Å². The number of aryl methyl sites for hydroxylation is 2. The average molecular weight is 454 g/mol. The van der Waals surface area contributed by atoms with Crippen molar-refractivity contribution < 1.29 is 9.18 Å². The molecule has 4 aromatic rings. The zero-order chi connectivity index (χ0) is 22.0. The van der Waals surface area contributed by atoms with Gasteiger partial charge in [0.2, 0.25) is 5.91 Å². The van der Waals surface area contributed by atoms with Crippen molar-refractivity contribution in [2.45, 2.75) is 25.4 Å². The fraction of sp³-hybridized carbons (Fsp3) is 0.174. The number of rotatable bonds is 6. The number of fused-ring (bicyclic) bond motifs is 1. The predicted molar refractivity (Wildman–Crippen MR) is 125 cm³/mol. The van der Waals surface area contributed by atoms with Crippen LogP contribution in [0.1, 0.15) is 18.1 Å². The molecule has 0 aliphatic heterocycles. The van der Waals surface area contributed by atoms with E-state index in [0.29, 0.717) is 26.6 Å². The zero-order valence-electron chi connectivity index (χ0n) is 17.0. The highest BCUT2D eigenvalue weighted by Gasteiger charge is 2.17. The summed E-state index contributed by atoms with van der Waals surface area (Å²) in [5.74, 6) is -0.490. The molecule has 0 atom stereocenters. The molecule has 1 N–H and O–H groups in total. The minimum absolute atomic E-state index is 0.0812. The van der Waals surface area contributed by atoms with E-state index in [1.165, 1.54) is 45.4 Å². The van der Waals surface area contributed by atoms with E-state index >= 15 is 0 Å². The first-order valence-electron chi connectivity index (χ1n) is 9.74. The van der Waals surface area contributed by atoms with Crippen molar-refractivity contribution in [2.24, 2.45) is 0 Å². The van der Waals surface area contributed by atoms with Gasteiger partial charge in [0.25, 0.3) is 5.56 Å². The summed E-state index contributed by atoms with van der Waals surface area (Å²) in [6.45, 7) is 3.81. The Bertz CT molecular complexity index is 1310. The van der Waals surface area contributed by atoms with Gasteiger partial charge in [0.05, 0.1) is 17.0 Å². The molecule has 0 aliphatic rings. The molecule has 2 heterocycles. The Morgan fingerprint density at radius 1 is 1.19 bits per heavy atom. The van der Waals surface area contributed by atoms with Crippen LogP contribution in [0.4, 0.5) is 10.1 Å². The first-order valence-corrected chi connectivity index (χ1v) is 11.6. The number of amides is 1. The summed E-state index contributed by atoms with van der Waals surface area (Å²) in [5, 5.41) is 5.06. The molecule has 0 saturated heterocycles. The second-order valence-corrected chi connectivity index (χ2v) is 8.85. The van der Waals surface area contributed by atoms with Gasteiger partial charge in [-0.2, -0.15) is 0 Å². The van der Waals surface area contributed by atoms with Crippen LogP contribution in [-0.4, -0.2) is 21.2 Å². The van der Waals surface area contributed by atoms with Gasteiger partial charge in [-0.1, -0.05) is 30.8 Å². The van der Waals surface area contributed by atoms with Crippen molar-refractivity contribution in [1.29, 1.82) is 0 Å². The van der Waals surface area contributed by atoms with Gasteiger partial charge in [0.15, 0.2) is 5.16 Å². The number of nitrogens with one attached hydrogen (secondary N) is 1. The molecule has 5 nitrogen and oxygen atoms in total. The van der Waals surface area contributed by atoms with Gasteiger partial charge < -0.3 is 5.32 Å². The lowest BCUT2D eigenvalue weighted by molar-refractivity contribution is -0.113. The molecule has 4 rings (SSSR count). The van der Waals surface area contributed by atoms with Crippen LogP contribution in [0.15, 0.2) is 63.9 Å². The summed E-state index contributed by atoms with van der Waals surface area (Å²) < 4.78 is 15.6. The molecule has 0 spiro atoms. The number of benzene rings is 2. The lowest BCUT2D eigenvalue weighted by Gasteiger charge is -2.14. The smallest absolute Gasteiger partial charge is 0.276 e. The zero-order valence-corrected chi connectivity index (χ0v) is 18.6. The number of thioether (sulfide) groups is 1. The maximum Gasteiger partial charge on any atom is 0.276 e. The molecule has 0 fully saturated rings. The summed E-state index contributed by atoms with van der Waals surface area (Å²) >= 11 is 2.48. The average Bonchev–Trinajstić information content (AvgIpc) is 3.23. The number of hydrogen-bond acceptors (Lipinski definition) is 5. The topological polar surface area (TPSA) is 64.0 Å². The highest BCUT2D eigenvalue weighted by atomic mass is 32.2. The van der Waals surface area contributed by atoms with Gasteiger partial charge in [-0.25, -0.2) is 9.37 Å². The molecule has 0 unspecified atom stereocenters. The minimum atomic E-state index is -0.373. The number of carbonyl (C=O) groups is 1. The summed E-state index contributed by atoms with van der Waals surface area (Å²) in [4.78, 5) is 30.3. The number of aromatic nitrogens is 2. The Kier molecular flexibility index (Phi) is 6.20. The van der Waals surface area contributed by atoms with Gasteiger partial charge in [-0.05, 0) is 66.2 Å². The number of carbonyl (C=O) groups excluding carboxylic acids is 1. The summed E-state index contributed by atoms with van der Waals surface area (Å²) in [6, 6.07) is 13.7. The standard InChI is InChI=1S/C23H20FN3O2S2/c1-3-15-4-7-17(8-5-15)25-20(28)13-31-23-26-18-10-11-30-21(18)22(29)27(23)19-9-6-16(24)12-14(19)2/h4-12H,3,13H2,1-2H3,(H,25,28). The van der Waals surface area contributed by atoms with Crippen LogP contribution < -0.4 is 10.9 Å². The molecule has 0 radical (unpaired) electrons. The van der Waals surface area contributed by atoms with E-state index in [1.54, 1.807) is 19.1 Å². The monoisotopic (exact) mass is 453 g/mol. The van der Waals surface area contributed by atoms with E-state index in [2.05, 4.69) is 17.2 Å². The number of hydrogen-bond donors (Lipinski definition) is 1. The quantitative estimate of drug-likeness (QED) is 0.322. The Labute approximate surface area is 187 Å². The van der Waals surface area contributed by atoms with Crippen LogP contribution >= 0.6 is 23.1 Å². The molecular formula is C23H20FN3O2S2. The maximum atomic E-state index is 13.6. The van der Waals surface area contributed by atoms with Crippen LogP contribution in [0, 0.1) is 12.7 Å². The van der Waals surface area contributed by atoms with Crippen LogP contribution in [0.3, 0.4) is 0 Å². The van der Waals surface area contributed by atoms with Gasteiger partial charge in [-0.3, -0.25) is 14.2 Å². The molecular weight excluding hydrogens is 433 g/mol. The second-order valence-electron chi connectivity index (χ2n) is 6.99. The largest absolute Gasteiger partial charge is 0.325 e. The van der Waals surface area contributed by atoms with E-state index in [1.807, 2.05) is 29.6 Å².